The minimum absolute atomic E-state index is 0.0436. The zero-order chi connectivity index (χ0) is 13.2. The van der Waals surface area contributed by atoms with Crippen LogP contribution in [0.25, 0.3) is 0 Å². The number of alkyl halides is 1. The molecule has 0 saturated carbocycles. The zero-order valence-electron chi connectivity index (χ0n) is 10.7. The molecule has 4 heteroatoms. The van der Waals surface area contributed by atoms with Crippen molar-refractivity contribution in [2.45, 2.75) is 25.6 Å². The van der Waals surface area contributed by atoms with E-state index in [-0.39, 0.29) is 17.6 Å². The molecule has 18 heavy (non-hydrogen) atoms. The van der Waals surface area contributed by atoms with E-state index in [0.717, 1.165) is 0 Å². The van der Waals surface area contributed by atoms with Gasteiger partial charge in [-0.05, 0) is 26.0 Å². The lowest BCUT2D eigenvalue weighted by molar-refractivity contribution is -0.117. The molecule has 1 heterocycles. The number of ether oxygens (including phenoxy) is 1. The van der Waals surface area contributed by atoms with Crippen molar-refractivity contribution in [2.24, 2.45) is 0 Å². The molecule has 0 bridgehead atoms. The number of nitrogens with zero attached hydrogens (tertiary/aromatic N) is 1. The van der Waals surface area contributed by atoms with Crippen LogP contribution in [-0.2, 0) is 4.74 Å². The quantitative estimate of drug-likeness (QED) is 0.771. The molecule has 0 spiro atoms. The molecule has 98 valence electrons. The van der Waals surface area contributed by atoms with Crippen LogP contribution in [0.4, 0.5) is 0 Å². The zero-order valence-corrected chi connectivity index (χ0v) is 11.5. The monoisotopic (exact) mass is 267 g/mol. The SMILES string of the molecule is CC1(C)CN(C(=O)c2ccccc2)CC(CCl)O1. The lowest BCUT2D eigenvalue weighted by atomic mass is 10.0. The van der Waals surface area contributed by atoms with Crippen LogP contribution in [-0.4, -0.2) is 41.5 Å². The fraction of sp³-hybridized carbons (Fsp3) is 0.500. The first-order valence-corrected chi connectivity index (χ1v) is 6.63. The van der Waals surface area contributed by atoms with Gasteiger partial charge in [0.05, 0.1) is 17.6 Å². The van der Waals surface area contributed by atoms with Crippen LogP contribution in [0, 0.1) is 0 Å². The lowest BCUT2D eigenvalue weighted by Crippen LogP contribution is -2.55. The molecule has 1 amide bonds. The third-order valence-corrected chi connectivity index (χ3v) is 3.31. The van der Waals surface area contributed by atoms with E-state index < -0.39 is 0 Å². The summed E-state index contributed by atoms with van der Waals surface area (Å²) in [5.41, 5.74) is 0.367. The molecule has 0 aromatic heterocycles. The molecule has 1 aliphatic rings. The molecule has 1 fully saturated rings. The lowest BCUT2D eigenvalue weighted by Gasteiger charge is -2.42. The summed E-state index contributed by atoms with van der Waals surface area (Å²) >= 11 is 5.86. The first-order valence-electron chi connectivity index (χ1n) is 6.10. The summed E-state index contributed by atoms with van der Waals surface area (Å²) in [4.78, 5) is 14.2. The van der Waals surface area contributed by atoms with Crippen molar-refractivity contribution in [1.82, 2.24) is 4.90 Å². The van der Waals surface area contributed by atoms with Gasteiger partial charge < -0.3 is 9.64 Å². The number of carbonyl (C=O) groups excluding carboxylic acids is 1. The molecule has 2 rings (SSSR count). The molecular weight excluding hydrogens is 250 g/mol. The van der Waals surface area contributed by atoms with Gasteiger partial charge in [0.25, 0.3) is 5.91 Å². The minimum Gasteiger partial charge on any atom is -0.367 e. The molecule has 1 aromatic carbocycles. The maximum Gasteiger partial charge on any atom is 0.254 e. The maximum atomic E-state index is 12.4. The highest BCUT2D eigenvalue weighted by atomic mass is 35.5. The summed E-state index contributed by atoms with van der Waals surface area (Å²) in [5.74, 6) is 0.448. The average molecular weight is 268 g/mol. The van der Waals surface area contributed by atoms with E-state index in [2.05, 4.69) is 0 Å². The van der Waals surface area contributed by atoms with E-state index in [1.807, 2.05) is 49.1 Å². The van der Waals surface area contributed by atoms with Crippen molar-refractivity contribution >= 4 is 17.5 Å². The minimum atomic E-state index is -0.345. The van der Waals surface area contributed by atoms with E-state index in [1.165, 1.54) is 0 Å². The predicted octanol–water partition coefficient (Wildman–Crippen LogP) is 2.55. The Labute approximate surface area is 113 Å². The highest BCUT2D eigenvalue weighted by Crippen LogP contribution is 2.23. The molecule has 1 unspecified atom stereocenters. The molecule has 0 radical (unpaired) electrons. The predicted molar refractivity (Wildman–Crippen MR) is 72.0 cm³/mol. The fourth-order valence-electron chi connectivity index (χ4n) is 2.29. The number of hydrogen-bond donors (Lipinski definition) is 0. The molecule has 1 saturated heterocycles. The topological polar surface area (TPSA) is 29.5 Å². The summed E-state index contributed by atoms with van der Waals surface area (Å²) in [6, 6.07) is 9.32. The normalized spacial score (nSPS) is 22.8. The van der Waals surface area contributed by atoms with Crippen LogP contribution in [0.1, 0.15) is 24.2 Å². The van der Waals surface area contributed by atoms with Crippen LogP contribution in [0.2, 0.25) is 0 Å². The molecule has 1 aromatic rings. The Bertz CT molecular complexity index is 419. The molecule has 0 N–H and O–H groups in total. The Morgan fingerprint density at radius 2 is 2.11 bits per heavy atom. The van der Waals surface area contributed by atoms with Gasteiger partial charge in [-0.1, -0.05) is 18.2 Å². The Kier molecular flexibility index (Phi) is 3.93. The smallest absolute Gasteiger partial charge is 0.254 e. The number of carbonyl (C=O) groups is 1. The number of rotatable bonds is 2. The van der Waals surface area contributed by atoms with Gasteiger partial charge in [0.15, 0.2) is 0 Å². The molecule has 1 atom stereocenters. The number of benzene rings is 1. The average Bonchev–Trinajstić information content (AvgIpc) is 2.37. The standard InChI is InChI=1S/C14H18ClNO2/c1-14(2)10-16(9-12(8-15)18-14)13(17)11-6-4-3-5-7-11/h3-7,12H,8-10H2,1-2H3. The number of hydrogen-bond acceptors (Lipinski definition) is 2. The van der Waals surface area contributed by atoms with E-state index >= 15 is 0 Å². The van der Waals surface area contributed by atoms with E-state index in [1.54, 1.807) is 0 Å². The van der Waals surface area contributed by atoms with Gasteiger partial charge in [0.1, 0.15) is 0 Å². The first kappa shape index (κ1) is 13.4. The van der Waals surface area contributed by atoms with Crippen LogP contribution < -0.4 is 0 Å². The van der Waals surface area contributed by atoms with Crippen molar-refractivity contribution in [2.75, 3.05) is 19.0 Å². The highest BCUT2D eigenvalue weighted by molar-refractivity contribution is 6.18. The van der Waals surface area contributed by atoms with Crippen LogP contribution in [0.15, 0.2) is 30.3 Å². The van der Waals surface area contributed by atoms with Crippen LogP contribution in [0.3, 0.4) is 0 Å². The van der Waals surface area contributed by atoms with Crippen molar-refractivity contribution in [1.29, 1.82) is 0 Å². The van der Waals surface area contributed by atoms with Gasteiger partial charge in [-0.2, -0.15) is 0 Å². The Hall–Kier alpha value is -1.06. The third-order valence-electron chi connectivity index (χ3n) is 2.96. The third kappa shape index (κ3) is 3.03. The van der Waals surface area contributed by atoms with Gasteiger partial charge in [-0.3, -0.25) is 4.79 Å². The maximum absolute atomic E-state index is 12.4. The van der Waals surface area contributed by atoms with E-state index in [9.17, 15) is 4.79 Å². The molecule has 3 nitrogen and oxygen atoms in total. The van der Waals surface area contributed by atoms with Crippen molar-refractivity contribution < 1.29 is 9.53 Å². The van der Waals surface area contributed by atoms with Gasteiger partial charge >= 0.3 is 0 Å². The second kappa shape index (κ2) is 5.29. The Morgan fingerprint density at radius 1 is 1.44 bits per heavy atom. The van der Waals surface area contributed by atoms with Gasteiger partial charge in [-0.25, -0.2) is 0 Å². The largest absolute Gasteiger partial charge is 0.367 e. The summed E-state index contributed by atoms with van der Waals surface area (Å²) in [7, 11) is 0. The molecule has 1 aliphatic heterocycles. The van der Waals surface area contributed by atoms with Crippen LogP contribution in [0.5, 0.6) is 0 Å². The van der Waals surface area contributed by atoms with Crippen molar-refractivity contribution in [3.8, 4) is 0 Å². The summed E-state index contributed by atoms with van der Waals surface area (Å²) in [6.45, 7) is 5.11. The summed E-state index contributed by atoms with van der Waals surface area (Å²) in [5, 5.41) is 0. The van der Waals surface area contributed by atoms with E-state index in [4.69, 9.17) is 16.3 Å². The Balaban J connectivity index is 2.15. The number of amides is 1. The second-order valence-corrected chi connectivity index (χ2v) is 5.51. The summed E-state index contributed by atoms with van der Waals surface area (Å²) < 4.78 is 5.81. The second-order valence-electron chi connectivity index (χ2n) is 5.21. The molecule has 0 aliphatic carbocycles. The molecular formula is C14H18ClNO2. The fourth-order valence-corrected chi connectivity index (χ4v) is 2.45. The summed E-state index contributed by atoms with van der Waals surface area (Å²) in [6.07, 6.45) is -0.0944. The Morgan fingerprint density at radius 3 is 2.72 bits per heavy atom. The van der Waals surface area contributed by atoms with Crippen molar-refractivity contribution in [3.63, 3.8) is 0 Å². The van der Waals surface area contributed by atoms with Crippen LogP contribution >= 0.6 is 11.6 Å². The van der Waals surface area contributed by atoms with Crippen molar-refractivity contribution in [3.05, 3.63) is 35.9 Å². The van der Waals surface area contributed by atoms with E-state index in [0.29, 0.717) is 24.5 Å². The van der Waals surface area contributed by atoms with Gasteiger partial charge in [0, 0.05) is 18.7 Å². The first-order chi connectivity index (χ1) is 8.52. The highest BCUT2D eigenvalue weighted by Gasteiger charge is 2.35. The van der Waals surface area contributed by atoms with Gasteiger partial charge in [0.2, 0.25) is 0 Å². The number of morpholine rings is 1. The van der Waals surface area contributed by atoms with Gasteiger partial charge in [-0.15, -0.1) is 11.6 Å². The number of halogens is 1.